The topological polar surface area (TPSA) is 73.2 Å². The molecule has 2 aromatic carbocycles. The summed E-state index contributed by atoms with van der Waals surface area (Å²) in [4.78, 5) is 24.8. The van der Waals surface area contributed by atoms with Crippen LogP contribution in [0.15, 0.2) is 54.6 Å². The molecule has 1 aromatic heterocycles. The number of ether oxygens (including phenoxy) is 1. The minimum absolute atomic E-state index is 0.186. The van der Waals surface area contributed by atoms with E-state index in [-0.39, 0.29) is 12.0 Å². The van der Waals surface area contributed by atoms with Gasteiger partial charge in [0.05, 0.1) is 16.9 Å². The van der Waals surface area contributed by atoms with E-state index in [0.717, 1.165) is 22.5 Å². The smallest absolute Gasteiger partial charge is 0.338 e. The number of hydrogen-bond donors (Lipinski definition) is 1. The predicted molar refractivity (Wildman–Crippen MR) is 117 cm³/mol. The molecular formula is C24H27N3O3. The van der Waals surface area contributed by atoms with Crippen LogP contribution >= 0.6 is 0 Å². The van der Waals surface area contributed by atoms with Crippen LogP contribution in [0.1, 0.15) is 48.0 Å². The molecule has 1 amide bonds. The molecule has 3 rings (SSSR count). The van der Waals surface area contributed by atoms with Gasteiger partial charge in [0, 0.05) is 11.5 Å². The second-order valence-electron chi connectivity index (χ2n) is 8.35. The number of carbonyl (C=O) groups excluding carboxylic acids is 2. The standard InChI is InChI=1S/C24H27N3O3/c1-16-11-12-19(17(2)13-16)23(29)30-15-22(28)25-21-14-20(24(3,4)5)26-27(21)18-9-7-6-8-10-18/h6-14H,15H2,1-5H3,(H,25,28). The highest BCUT2D eigenvalue weighted by atomic mass is 16.5. The molecule has 0 saturated carbocycles. The van der Waals surface area contributed by atoms with E-state index < -0.39 is 11.9 Å². The van der Waals surface area contributed by atoms with Crippen molar-refractivity contribution in [2.75, 3.05) is 11.9 Å². The number of amides is 1. The summed E-state index contributed by atoms with van der Waals surface area (Å²) in [5.74, 6) is -0.418. The zero-order chi connectivity index (χ0) is 21.9. The second kappa shape index (κ2) is 8.53. The Balaban J connectivity index is 1.74. The van der Waals surface area contributed by atoms with Crippen molar-refractivity contribution in [2.45, 2.75) is 40.0 Å². The molecular weight excluding hydrogens is 378 g/mol. The molecule has 0 aliphatic carbocycles. The quantitative estimate of drug-likeness (QED) is 0.631. The van der Waals surface area contributed by atoms with E-state index in [0.29, 0.717) is 11.4 Å². The summed E-state index contributed by atoms with van der Waals surface area (Å²) in [5, 5.41) is 7.48. The van der Waals surface area contributed by atoms with Gasteiger partial charge in [-0.2, -0.15) is 5.10 Å². The normalized spacial score (nSPS) is 11.2. The Labute approximate surface area is 176 Å². The maximum atomic E-state index is 12.5. The van der Waals surface area contributed by atoms with Gasteiger partial charge in [-0.15, -0.1) is 0 Å². The summed E-state index contributed by atoms with van der Waals surface area (Å²) in [6, 6.07) is 16.9. The first-order valence-corrected chi connectivity index (χ1v) is 9.85. The molecule has 0 unspecified atom stereocenters. The van der Waals surface area contributed by atoms with Crippen molar-refractivity contribution in [3.8, 4) is 5.69 Å². The molecule has 156 valence electrons. The molecule has 0 aliphatic rings. The van der Waals surface area contributed by atoms with Crippen molar-refractivity contribution < 1.29 is 14.3 Å². The molecule has 0 saturated heterocycles. The third kappa shape index (κ3) is 4.95. The van der Waals surface area contributed by atoms with E-state index in [4.69, 9.17) is 4.74 Å². The van der Waals surface area contributed by atoms with Gasteiger partial charge in [-0.3, -0.25) is 4.79 Å². The number of aromatic nitrogens is 2. The van der Waals surface area contributed by atoms with Crippen LogP contribution in [0, 0.1) is 13.8 Å². The molecule has 0 fully saturated rings. The molecule has 1 heterocycles. The zero-order valence-corrected chi connectivity index (χ0v) is 18.0. The van der Waals surface area contributed by atoms with Crippen molar-refractivity contribution in [2.24, 2.45) is 0 Å². The van der Waals surface area contributed by atoms with Crippen molar-refractivity contribution >= 4 is 17.7 Å². The number of benzene rings is 2. The number of anilines is 1. The van der Waals surface area contributed by atoms with Gasteiger partial charge in [0.2, 0.25) is 0 Å². The summed E-state index contributed by atoms with van der Waals surface area (Å²) in [6.45, 7) is 9.59. The van der Waals surface area contributed by atoms with Crippen molar-refractivity contribution in [1.82, 2.24) is 9.78 Å². The third-order valence-electron chi connectivity index (χ3n) is 4.68. The summed E-state index contributed by atoms with van der Waals surface area (Å²) in [6.07, 6.45) is 0. The average Bonchev–Trinajstić information content (AvgIpc) is 3.11. The van der Waals surface area contributed by atoms with Gasteiger partial charge in [-0.25, -0.2) is 9.48 Å². The van der Waals surface area contributed by atoms with Gasteiger partial charge >= 0.3 is 5.97 Å². The number of esters is 1. The Morgan fingerprint density at radius 2 is 1.73 bits per heavy atom. The highest BCUT2D eigenvalue weighted by Gasteiger charge is 2.22. The molecule has 3 aromatic rings. The highest BCUT2D eigenvalue weighted by Crippen LogP contribution is 2.26. The van der Waals surface area contributed by atoms with Gasteiger partial charge < -0.3 is 10.1 Å². The lowest BCUT2D eigenvalue weighted by Gasteiger charge is -2.14. The van der Waals surface area contributed by atoms with E-state index in [1.807, 2.05) is 62.4 Å². The maximum absolute atomic E-state index is 12.5. The molecule has 6 nitrogen and oxygen atoms in total. The number of nitrogens with one attached hydrogen (secondary N) is 1. The second-order valence-corrected chi connectivity index (χ2v) is 8.35. The van der Waals surface area contributed by atoms with Gasteiger partial charge in [-0.1, -0.05) is 56.7 Å². The Morgan fingerprint density at radius 1 is 1.03 bits per heavy atom. The van der Waals surface area contributed by atoms with E-state index in [9.17, 15) is 9.59 Å². The van der Waals surface area contributed by atoms with Crippen LogP contribution in [0.2, 0.25) is 0 Å². The van der Waals surface area contributed by atoms with Crippen LogP contribution in [0.3, 0.4) is 0 Å². The van der Waals surface area contributed by atoms with Crippen molar-refractivity contribution in [3.05, 3.63) is 77.0 Å². The van der Waals surface area contributed by atoms with Crippen LogP contribution in [0.25, 0.3) is 5.69 Å². The van der Waals surface area contributed by atoms with E-state index in [1.165, 1.54) is 0 Å². The van der Waals surface area contributed by atoms with Crippen LogP contribution in [0.5, 0.6) is 0 Å². The van der Waals surface area contributed by atoms with E-state index >= 15 is 0 Å². The minimum Gasteiger partial charge on any atom is -0.452 e. The van der Waals surface area contributed by atoms with Gasteiger partial charge in [0.25, 0.3) is 5.91 Å². The SMILES string of the molecule is Cc1ccc(C(=O)OCC(=O)Nc2cc(C(C)(C)C)nn2-c2ccccc2)c(C)c1. The van der Waals surface area contributed by atoms with Crippen LogP contribution < -0.4 is 5.32 Å². The molecule has 0 radical (unpaired) electrons. The fraction of sp³-hybridized carbons (Fsp3) is 0.292. The lowest BCUT2D eigenvalue weighted by atomic mass is 9.92. The van der Waals surface area contributed by atoms with Crippen molar-refractivity contribution in [3.63, 3.8) is 0 Å². The van der Waals surface area contributed by atoms with Crippen LogP contribution in [-0.4, -0.2) is 28.3 Å². The fourth-order valence-electron chi connectivity index (χ4n) is 3.03. The monoisotopic (exact) mass is 405 g/mol. The number of rotatable bonds is 5. The molecule has 30 heavy (non-hydrogen) atoms. The predicted octanol–water partition coefficient (Wildman–Crippen LogP) is 4.58. The molecule has 6 heteroatoms. The first kappa shape index (κ1) is 21.3. The average molecular weight is 405 g/mol. The van der Waals surface area contributed by atoms with Crippen LogP contribution in [0.4, 0.5) is 5.82 Å². The van der Waals surface area contributed by atoms with E-state index in [2.05, 4.69) is 31.2 Å². The van der Waals surface area contributed by atoms with Crippen LogP contribution in [-0.2, 0) is 14.9 Å². The molecule has 1 N–H and O–H groups in total. The number of carbonyl (C=O) groups is 2. The lowest BCUT2D eigenvalue weighted by Crippen LogP contribution is -2.22. The maximum Gasteiger partial charge on any atom is 0.338 e. The number of hydrogen-bond acceptors (Lipinski definition) is 4. The fourth-order valence-corrected chi connectivity index (χ4v) is 3.03. The summed E-state index contributed by atoms with van der Waals surface area (Å²) >= 11 is 0. The first-order valence-electron chi connectivity index (χ1n) is 9.85. The summed E-state index contributed by atoms with van der Waals surface area (Å²) in [7, 11) is 0. The lowest BCUT2D eigenvalue weighted by molar-refractivity contribution is -0.119. The Morgan fingerprint density at radius 3 is 2.37 bits per heavy atom. The Bertz CT molecular complexity index is 1060. The van der Waals surface area contributed by atoms with Gasteiger partial charge in [0.1, 0.15) is 5.82 Å². The summed E-state index contributed by atoms with van der Waals surface area (Å²) in [5.41, 5.74) is 3.82. The zero-order valence-electron chi connectivity index (χ0n) is 18.0. The Hall–Kier alpha value is -3.41. The van der Waals surface area contributed by atoms with Gasteiger partial charge in [-0.05, 0) is 37.6 Å². The molecule has 0 aliphatic heterocycles. The van der Waals surface area contributed by atoms with E-state index in [1.54, 1.807) is 10.7 Å². The molecule has 0 atom stereocenters. The highest BCUT2D eigenvalue weighted by molar-refractivity contribution is 5.96. The summed E-state index contributed by atoms with van der Waals surface area (Å²) < 4.78 is 6.91. The Kier molecular flexibility index (Phi) is 6.06. The number of aryl methyl sites for hydroxylation is 2. The minimum atomic E-state index is -0.519. The first-order chi connectivity index (χ1) is 14.1. The van der Waals surface area contributed by atoms with Crippen molar-refractivity contribution in [1.29, 1.82) is 0 Å². The third-order valence-corrected chi connectivity index (χ3v) is 4.68. The molecule has 0 bridgehead atoms. The number of para-hydroxylation sites is 1. The molecule has 0 spiro atoms. The number of nitrogens with zero attached hydrogens (tertiary/aromatic N) is 2. The van der Waals surface area contributed by atoms with Gasteiger partial charge in [0.15, 0.2) is 6.61 Å². The largest absolute Gasteiger partial charge is 0.452 e.